The van der Waals surface area contributed by atoms with E-state index in [1.54, 1.807) is 0 Å². The summed E-state index contributed by atoms with van der Waals surface area (Å²) in [6.07, 6.45) is 0. The molecule has 0 spiro atoms. The van der Waals surface area contributed by atoms with Gasteiger partial charge in [-0.05, 0) is 105 Å². The van der Waals surface area contributed by atoms with Crippen LogP contribution in [0.15, 0.2) is 218 Å². The molecule has 0 bridgehead atoms. The summed E-state index contributed by atoms with van der Waals surface area (Å²) in [6, 6.07) is 78.8. The summed E-state index contributed by atoms with van der Waals surface area (Å²) in [5.41, 5.74) is 14.1. The van der Waals surface area contributed by atoms with Crippen molar-refractivity contribution < 1.29 is 0 Å². The summed E-state index contributed by atoms with van der Waals surface area (Å²) in [6.45, 7) is 0. The first-order chi connectivity index (χ1) is 26.8. The molecule has 1 heterocycles. The van der Waals surface area contributed by atoms with Crippen molar-refractivity contribution in [2.45, 2.75) is 0 Å². The molecule has 10 aromatic rings. The van der Waals surface area contributed by atoms with E-state index in [4.69, 9.17) is 0 Å². The molecule has 0 unspecified atom stereocenters. The Kier molecular flexibility index (Phi) is 7.85. The first kappa shape index (κ1) is 31.6. The molecule has 1 aromatic heterocycles. The molecule has 9 aromatic carbocycles. The second-order valence-corrected chi connectivity index (χ2v) is 13.8. The fourth-order valence-corrected chi connectivity index (χ4v) is 7.98. The van der Waals surface area contributed by atoms with Crippen molar-refractivity contribution in [3.8, 4) is 39.1 Å². The van der Waals surface area contributed by atoms with Crippen LogP contribution >= 0.6 is 0 Å². The van der Waals surface area contributed by atoms with Crippen LogP contribution in [0.25, 0.3) is 71.6 Å². The maximum absolute atomic E-state index is 2.37. The lowest BCUT2D eigenvalue weighted by molar-refractivity contribution is 1.18. The zero-order valence-corrected chi connectivity index (χ0v) is 29.7. The number of rotatable bonds is 7. The van der Waals surface area contributed by atoms with Gasteiger partial charge in [-0.25, -0.2) is 0 Å². The number of anilines is 3. The maximum Gasteiger partial charge on any atom is 0.0541 e. The predicted molar refractivity (Wildman–Crippen MR) is 229 cm³/mol. The molecule has 10 rings (SSSR count). The molecule has 254 valence electrons. The molecule has 2 heteroatoms. The van der Waals surface area contributed by atoms with Gasteiger partial charge in [-0.3, -0.25) is 0 Å². The highest BCUT2D eigenvalue weighted by Gasteiger charge is 2.16. The van der Waals surface area contributed by atoms with Gasteiger partial charge in [0.2, 0.25) is 0 Å². The number of para-hydroxylation sites is 2. The van der Waals surface area contributed by atoms with Gasteiger partial charge in [-0.2, -0.15) is 0 Å². The largest absolute Gasteiger partial charge is 0.310 e. The van der Waals surface area contributed by atoms with Crippen LogP contribution in [-0.2, 0) is 0 Å². The third-order valence-electron chi connectivity index (χ3n) is 10.6. The van der Waals surface area contributed by atoms with E-state index in [-0.39, 0.29) is 0 Å². The lowest BCUT2D eigenvalue weighted by atomic mass is 9.98. The first-order valence-electron chi connectivity index (χ1n) is 18.5. The summed E-state index contributed by atoms with van der Waals surface area (Å²) in [7, 11) is 0. The van der Waals surface area contributed by atoms with Crippen LogP contribution in [0.3, 0.4) is 0 Å². The number of fused-ring (bicyclic) bond motifs is 4. The lowest BCUT2D eigenvalue weighted by Gasteiger charge is -2.26. The Hall–Kier alpha value is -7.16. The van der Waals surface area contributed by atoms with Crippen LogP contribution in [0.5, 0.6) is 0 Å². The Morgan fingerprint density at radius 3 is 1.44 bits per heavy atom. The molecule has 0 atom stereocenters. The summed E-state index contributed by atoms with van der Waals surface area (Å²) in [4.78, 5) is 2.36. The van der Waals surface area contributed by atoms with Crippen LogP contribution in [0.4, 0.5) is 17.1 Å². The molecule has 0 aliphatic rings. The minimum absolute atomic E-state index is 1.10. The van der Waals surface area contributed by atoms with E-state index in [9.17, 15) is 0 Å². The van der Waals surface area contributed by atoms with Crippen LogP contribution in [0.2, 0.25) is 0 Å². The van der Waals surface area contributed by atoms with Crippen molar-refractivity contribution in [3.05, 3.63) is 218 Å². The first-order valence-corrected chi connectivity index (χ1v) is 18.5. The SMILES string of the molecule is c1ccc(-c2cccc(N(c3ccc(-c4ccc(-n5c6ccccc6c6ccccc65)cc4)cc3)c3ccc(-c4cccc5ccccc45)cc3)c2)cc1. The second kappa shape index (κ2) is 13.4. The Morgan fingerprint density at radius 1 is 0.296 bits per heavy atom. The Labute approximate surface area is 315 Å². The van der Waals surface area contributed by atoms with E-state index in [0.29, 0.717) is 0 Å². The van der Waals surface area contributed by atoms with Crippen LogP contribution < -0.4 is 4.90 Å². The maximum atomic E-state index is 2.37. The van der Waals surface area contributed by atoms with E-state index < -0.39 is 0 Å². The molecule has 0 saturated carbocycles. The molecule has 0 aliphatic carbocycles. The van der Waals surface area contributed by atoms with E-state index in [1.165, 1.54) is 66.0 Å². The zero-order valence-electron chi connectivity index (χ0n) is 29.7. The Morgan fingerprint density at radius 2 is 0.778 bits per heavy atom. The molecular weight excluding hydrogens is 653 g/mol. The van der Waals surface area contributed by atoms with Crippen LogP contribution in [0.1, 0.15) is 0 Å². The molecule has 0 aliphatic heterocycles. The van der Waals surface area contributed by atoms with Crippen molar-refractivity contribution >= 4 is 49.6 Å². The minimum Gasteiger partial charge on any atom is -0.310 e. The second-order valence-electron chi connectivity index (χ2n) is 13.8. The van der Waals surface area contributed by atoms with Crippen LogP contribution in [-0.4, -0.2) is 4.57 Å². The third-order valence-corrected chi connectivity index (χ3v) is 10.6. The topological polar surface area (TPSA) is 8.17 Å². The summed E-state index contributed by atoms with van der Waals surface area (Å²) >= 11 is 0. The quantitative estimate of drug-likeness (QED) is 0.162. The summed E-state index contributed by atoms with van der Waals surface area (Å²) < 4.78 is 2.37. The van der Waals surface area contributed by atoms with Crippen molar-refractivity contribution in [1.29, 1.82) is 0 Å². The van der Waals surface area contributed by atoms with Gasteiger partial charge in [0.15, 0.2) is 0 Å². The predicted octanol–water partition coefficient (Wildman–Crippen LogP) is 14.4. The van der Waals surface area contributed by atoms with Gasteiger partial charge < -0.3 is 9.47 Å². The third kappa shape index (κ3) is 5.62. The normalized spacial score (nSPS) is 11.3. The van der Waals surface area contributed by atoms with Gasteiger partial charge in [0.05, 0.1) is 11.0 Å². The van der Waals surface area contributed by atoms with Crippen LogP contribution in [0, 0.1) is 0 Å². The molecule has 0 radical (unpaired) electrons. The van der Waals surface area contributed by atoms with E-state index in [1.807, 2.05) is 0 Å². The molecule has 0 saturated heterocycles. The molecule has 2 nitrogen and oxygen atoms in total. The van der Waals surface area contributed by atoms with Crippen molar-refractivity contribution in [3.63, 3.8) is 0 Å². The highest BCUT2D eigenvalue weighted by molar-refractivity contribution is 6.09. The minimum atomic E-state index is 1.10. The van der Waals surface area contributed by atoms with Crippen molar-refractivity contribution in [2.24, 2.45) is 0 Å². The highest BCUT2D eigenvalue weighted by Crippen LogP contribution is 2.39. The summed E-state index contributed by atoms with van der Waals surface area (Å²) in [5, 5.41) is 5.06. The average molecular weight is 689 g/mol. The van der Waals surface area contributed by atoms with E-state index in [0.717, 1.165) is 22.7 Å². The molecular formula is C52H36N2. The van der Waals surface area contributed by atoms with Gasteiger partial charge in [0.1, 0.15) is 0 Å². The fourth-order valence-electron chi connectivity index (χ4n) is 7.98. The number of nitrogens with zero attached hydrogens (tertiary/aromatic N) is 2. The molecule has 0 N–H and O–H groups in total. The van der Waals surface area contributed by atoms with E-state index in [2.05, 4.69) is 228 Å². The van der Waals surface area contributed by atoms with Gasteiger partial charge in [-0.1, -0.05) is 158 Å². The standard InChI is InChI=1S/C52H36N2/c1-2-12-37(13-3-1)42-16-10-17-46(36-42)53(44-34-28-41(29-35-44)48-21-11-15-40-14-4-5-18-47(40)48)43-30-24-38(25-31-43)39-26-32-45(33-27-39)54-51-22-8-6-19-49(51)50-20-7-9-23-52(50)54/h1-36H. The van der Waals surface area contributed by atoms with Gasteiger partial charge in [0, 0.05) is 33.5 Å². The van der Waals surface area contributed by atoms with Gasteiger partial charge in [0.25, 0.3) is 0 Å². The lowest BCUT2D eigenvalue weighted by Crippen LogP contribution is -2.10. The number of aromatic nitrogens is 1. The molecule has 54 heavy (non-hydrogen) atoms. The zero-order chi connectivity index (χ0) is 35.8. The number of benzene rings is 9. The number of hydrogen-bond acceptors (Lipinski definition) is 1. The fraction of sp³-hybridized carbons (Fsp3) is 0. The monoisotopic (exact) mass is 688 g/mol. The van der Waals surface area contributed by atoms with Crippen molar-refractivity contribution in [1.82, 2.24) is 4.57 Å². The average Bonchev–Trinajstić information content (AvgIpc) is 3.59. The Bertz CT molecular complexity index is 2840. The van der Waals surface area contributed by atoms with E-state index >= 15 is 0 Å². The molecule has 0 amide bonds. The smallest absolute Gasteiger partial charge is 0.0541 e. The highest BCUT2D eigenvalue weighted by atomic mass is 15.1. The number of hydrogen-bond donors (Lipinski definition) is 0. The van der Waals surface area contributed by atoms with Gasteiger partial charge >= 0.3 is 0 Å². The Balaban J connectivity index is 1.01. The van der Waals surface area contributed by atoms with Gasteiger partial charge in [-0.15, -0.1) is 0 Å². The molecule has 0 fully saturated rings. The summed E-state index contributed by atoms with van der Waals surface area (Å²) in [5.74, 6) is 0. The van der Waals surface area contributed by atoms with Crippen molar-refractivity contribution in [2.75, 3.05) is 4.90 Å².